The van der Waals surface area contributed by atoms with Crippen LogP contribution in [-0.4, -0.2) is 69.4 Å². The van der Waals surface area contributed by atoms with Crippen LogP contribution in [0, 0.1) is 6.92 Å². The molecule has 0 radical (unpaired) electrons. The molecule has 9 heteroatoms. The van der Waals surface area contributed by atoms with Gasteiger partial charge in [0.1, 0.15) is 5.56 Å². The SMILES string of the molecule is CCc1nnc(CN(C(=O)c2c(C)ccn(CCN3CCOCC3)c2=O)C(C)C)o1. The highest BCUT2D eigenvalue weighted by Crippen LogP contribution is 2.14. The number of nitrogens with zero attached hydrogens (tertiary/aromatic N) is 5. The minimum Gasteiger partial charge on any atom is -0.423 e. The number of ether oxygens (including phenoxy) is 1. The van der Waals surface area contributed by atoms with Crippen molar-refractivity contribution in [2.45, 2.75) is 53.2 Å². The summed E-state index contributed by atoms with van der Waals surface area (Å²) in [5.74, 6) is 0.585. The lowest BCUT2D eigenvalue weighted by molar-refractivity contribution is 0.0362. The third kappa shape index (κ3) is 5.14. The quantitative estimate of drug-likeness (QED) is 0.642. The molecule has 0 atom stereocenters. The number of aryl methyl sites for hydroxylation is 2. The number of amides is 1. The van der Waals surface area contributed by atoms with Crippen LogP contribution < -0.4 is 5.56 Å². The van der Waals surface area contributed by atoms with Crippen LogP contribution in [0.2, 0.25) is 0 Å². The maximum absolute atomic E-state index is 13.4. The second kappa shape index (κ2) is 9.99. The number of rotatable bonds is 8. The summed E-state index contributed by atoms with van der Waals surface area (Å²) >= 11 is 0. The molecule has 0 aromatic carbocycles. The topological polar surface area (TPSA) is 93.7 Å². The van der Waals surface area contributed by atoms with Crippen molar-refractivity contribution in [2.75, 3.05) is 32.8 Å². The van der Waals surface area contributed by atoms with E-state index in [9.17, 15) is 9.59 Å². The Bertz CT molecular complexity index is 914. The molecule has 1 aliphatic rings. The summed E-state index contributed by atoms with van der Waals surface area (Å²) in [6.07, 6.45) is 2.40. The van der Waals surface area contributed by atoms with Gasteiger partial charge in [0, 0.05) is 44.8 Å². The lowest BCUT2D eigenvalue weighted by Gasteiger charge is -2.27. The first-order chi connectivity index (χ1) is 14.4. The second-order valence-electron chi connectivity index (χ2n) is 7.80. The Kier molecular flexibility index (Phi) is 7.38. The maximum Gasteiger partial charge on any atom is 0.263 e. The van der Waals surface area contributed by atoms with Crippen molar-refractivity contribution in [1.82, 2.24) is 24.6 Å². The molecule has 30 heavy (non-hydrogen) atoms. The third-order valence-electron chi connectivity index (χ3n) is 5.35. The van der Waals surface area contributed by atoms with Gasteiger partial charge >= 0.3 is 0 Å². The predicted octanol–water partition coefficient (Wildman–Crippen LogP) is 1.49. The van der Waals surface area contributed by atoms with Gasteiger partial charge in [0.2, 0.25) is 11.8 Å². The minimum atomic E-state index is -0.315. The molecule has 0 aliphatic carbocycles. The average molecular weight is 418 g/mol. The second-order valence-corrected chi connectivity index (χ2v) is 7.80. The molecule has 1 saturated heterocycles. The zero-order valence-electron chi connectivity index (χ0n) is 18.3. The molecule has 0 spiro atoms. The molecule has 9 nitrogen and oxygen atoms in total. The number of hydrogen-bond donors (Lipinski definition) is 0. The van der Waals surface area contributed by atoms with Gasteiger partial charge < -0.3 is 18.6 Å². The van der Waals surface area contributed by atoms with E-state index in [0.717, 1.165) is 19.6 Å². The molecule has 0 bridgehead atoms. The number of carbonyl (C=O) groups excluding carboxylic acids is 1. The van der Waals surface area contributed by atoms with E-state index in [0.29, 0.717) is 43.5 Å². The van der Waals surface area contributed by atoms with Crippen LogP contribution >= 0.6 is 0 Å². The van der Waals surface area contributed by atoms with Gasteiger partial charge in [-0.15, -0.1) is 10.2 Å². The molecule has 2 aromatic heterocycles. The number of aromatic nitrogens is 3. The Balaban J connectivity index is 1.80. The van der Waals surface area contributed by atoms with E-state index in [1.807, 2.05) is 26.8 Å². The fraction of sp³-hybridized carbons (Fsp3) is 0.619. The first-order valence-corrected chi connectivity index (χ1v) is 10.5. The van der Waals surface area contributed by atoms with Gasteiger partial charge in [0.05, 0.1) is 19.8 Å². The zero-order chi connectivity index (χ0) is 21.7. The van der Waals surface area contributed by atoms with Gasteiger partial charge in [-0.25, -0.2) is 0 Å². The van der Waals surface area contributed by atoms with Crippen LogP contribution in [0.25, 0.3) is 0 Å². The molecule has 1 fully saturated rings. The van der Waals surface area contributed by atoms with Gasteiger partial charge in [0.25, 0.3) is 11.5 Å². The normalized spacial score (nSPS) is 15.0. The van der Waals surface area contributed by atoms with E-state index in [4.69, 9.17) is 9.15 Å². The zero-order valence-corrected chi connectivity index (χ0v) is 18.3. The Hall–Kier alpha value is -2.52. The molecule has 1 amide bonds. The molecule has 0 unspecified atom stereocenters. The Morgan fingerprint density at radius 2 is 1.90 bits per heavy atom. The number of hydrogen-bond acceptors (Lipinski definition) is 7. The summed E-state index contributed by atoms with van der Waals surface area (Å²) in [7, 11) is 0. The first kappa shape index (κ1) is 22.2. The molecule has 2 aromatic rings. The van der Waals surface area contributed by atoms with E-state index in [1.54, 1.807) is 22.6 Å². The smallest absolute Gasteiger partial charge is 0.263 e. The molecule has 1 aliphatic heterocycles. The highest BCUT2D eigenvalue weighted by atomic mass is 16.5. The van der Waals surface area contributed by atoms with Gasteiger partial charge in [-0.1, -0.05) is 6.92 Å². The Labute approximate surface area is 176 Å². The summed E-state index contributed by atoms with van der Waals surface area (Å²) in [6.45, 7) is 12.1. The van der Waals surface area contributed by atoms with Crippen molar-refractivity contribution in [3.8, 4) is 0 Å². The van der Waals surface area contributed by atoms with Gasteiger partial charge in [0.15, 0.2) is 0 Å². The molecule has 164 valence electrons. The van der Waals surface area contributed by atoms with Crippen LogP contribution in [0.4, 0.5) is 0 Å². The summed E-state index contributed by atoms with van der Waals surface area (Å²) in [5, 5.41) is 7.98. The van der Waals surface area contributed by atoms with Gasteiger partial charge in [-0.05, 0) is 32.4 Å². The van der Waals surface area contributed by atoms with Crippen molar-refractivity contribution in [3.63, 3.8) is 0 Å². The monoisotopic (exact) mass is 417 g/mol. The van der Waals surface area contributed by atoms with Crippen LogP contribution in [-0.2, 0) is 24.2 Å². The lowest BCUT2D eigenvalue weighted by Crippen LogP contribution is -2.42. The molecular weight excluding hydrogens is 386 g/mol. The highest BCUT2D eigenvalue weighted by Gasteiger charge is 2.26. The molecule has 3 rings (SSSR count). The summed E-state index contributed by atoms with van der Waals surface area (Å²) in [5.41, 5.74) is 0.597. The fourth-order valence-electron chi connectivity index (χ4n) is 3.45. The maximum atomic E-state index is 13.4. The van der Waals surface area contributed by atoms with Crippen molar-refractivity contribution in [2.24, 2.45) is 0 Å². The van der Waals surface area contributed by atoms with E-state index >= 15 is 0 Å². The van der Waals surface area contributed by atoms with Crippen LogP contribution in [0.15, 0.2) is 21.5 Å². The molecular formula is C21H31N5O4. The van der Waals surface area contributed by atoms with Gasteiger partial charge in [-0.3, -0.25) is 14.5 Å². The standard InChI is InChI=1S/C21H31N5O4/c1-5-17-22-23-18(30-17)14-26(15(2)3)21(28)19-16(4)6-7-25(20(19)27)9-8-24-10-12-29-13-11-24/h6-7,15H,5,8-14H2,1-4H3. The number of pyridine rings is 1. The predicted molar refractivity (Wildman–Crippen MR) is 111 cm³/mol. The number of carbonyl (C=O) groups is 1. The van der Waals surface area contributed by atoms with Crippen LogP contribution in [0.3, 0.4) is 0 Å². The third-order valence-corrected chi connectivity index (χ3v) is 5.35. The molecule has 0 saturated carbocycles. The molecule has 3 heterocycles. The van der Waals surface area contributed by atoms with Crippen LogP contribution in [0.1, 0.15) is 48.5 Å². The summed E-state index contributed by atoms with van der Waals surface area (Å²) in [6, 6.07) is 1.70. The summed E-state index contributed by atoms with van der Waals surface area (Å²) in [4.78, 5) is 30.4. The molecule has 0 N–H and O–H groups in total. The first-order valence-electron chi connectivity index (χ1n) is 10.5. The fourth-order valence-corrected chi connectivity index (χ4v) is 3.45. The average Bonchev–Trinajstić information content (AvgIpc) is 3.20. The Morgan fingerprint density at radius 1 is 1.20 bits per heavy atom. The Morgan fingerprint density at radius 3 is 2.53 bits per heavy atom. The van der Waals surface area contributed by atoms with E-state index < -0.39 is 0 Å². The number of morpholine rings is 1. The minimum absolute atomic E-state index is 0.129. The van der Waals surface area contributed by atoms with Gasteiger partial charge in [-0.2, -0.15) is 0 Å². The van der Waals surface area contributed by atoms with Crippen LogP contribution in [0.5, 0.6) is 0 Å². The lowest BCUT2D eigenvalue weighted by atomic mass is 10.1. The van der Waals surface area contributed by atoms with Crippen molar-refractivity contribution in [3.05, 3.63) is 45.5 Å². The van der Waals surface area contributed by atoms with Crippen molar-refractivity contribution in [1.29, 1.82) is 0 Å². The summed E-state index contributed by atoms with van der Waals surface area (Å²) < 4.78 is 12.6. The van der Waals surface area contributed by atoms with Crippen molar-refractivity contribution >= 4 is 5.91 Å². The van der Waals surface area contributed by atoms with Crippen molar-refractivity contribution < 1.29 is 13.9 Å². The van der Waals surface area contributed by atoms with E-state index in [1.165, 1.54) is 0 Å². The van der Waals surface area contributed by atoms with E-state index in [-0.39, 0.29) is 29.6 Å². The highest BCUT2D eigenvalue weighted by molar-refractivity contribution is 5.95. The van der Waals surface area contributed by atoms with E-state index in [2.05, 4.69) is 15.1 Å². The largest absolute Gasteiger partial charge is 0.423 e.